The van der Waals surface area contributed by atoms with Crippen molar-refractivity contribution in [3.8, 4) is 0 Å². The Hall–Kier alpha value is -1.86. The van der Waals surface area contributed by atoms with E-state index >= 15 is 0 Å². The molecule has 1 N–H and O–H groups in total. The molecule has 0 aliphatic heterocycles. The summed E-state index contributed by atoms with van der Waals surface area (Å²) in [5.74, 6) is -0.818. The summed E-state index contributed by atoms with van der Waals surface area (Å²) in [6.07, 6.45) is -2.78. The van der Waals surface area contributed by atoms with Gasteiger partial charge in [-0.15, -0.1) is 0 Å². The summed E-state index contributed by atoms with van der Waals surface area (Å²) in [4.78, 5) is 16.2. The number of allylic oxidation sites excluding steroid dienone is 2. The standard InChI is InChI=1S/C10H12F3N3O2/c1-3-4-6(8-15-9(17)18-16-8)5-7(14-2)10(11,12)13/h5H,3-4H2,1-2H3,(H,15,16,17)/b6-5+,14-7?. The molecule has 5 nitrogen and oxygen atoms in total. The van der Waals surface area contributed by atoms with Gasteiger partial charge in [-0.3, -0.25) is 14.5 Å². The van der Waals surface area contributed by atoms with Gasteiger partial charge in [0.1, 0.15) is 5.71 Å². The van der Waals surface area contributed by atoms with E-state index in [4.69, 9.17) is 0 Å². The molecule has 0 atom stereocenters. The molecule has 100 valence electrons. The summed E-state index contributed by atoms with van der Waals surface area (Å²) in [5, 5.41) is 3.37. The zero-order chi connectivity index (χ0) is 13.8. The molecule has 0 amide bonds. The number of halogens is 3. The first-order valence-corrected chi connectivity index (χ1v) is 5.19. The first kappa shape index (κ1) is 14.2. The lowest BCUT2D eigenvalue weighted by molar-refractivity contribution is -0.0577. The number of aliphatic imine (C=N–C) groups is 1. The van der Waals surface area contributed by atoms with Crippen LogP contribution in [0.1, 0.15) is 25.6 Å². The van der Waals surface area contributed by atoms with Crippen molar-refractivity contribution < 1.29 is 17.7 Å². The number of nitrogens with one attached hydrogen (secondary N) is 1. The Morgan fingerprint density at radius 3 is 2.61 bits per heavy atom. The lowest BCUT2D eigenvalue weighted by Crippen LogP contribution is -2.21. The van der Waals surface area contributed by atoms with Gasteiger partial charge in [0.05, 0.1) is 0 Å². The highest BCUT2D eigenvalue weighted by Gasteiger charge is 2.34. The molecule has 0 aromatic carbocycles. The zero-order valence-electron chi connectivity index (χ0n) is 9.84. The Morgan fingerprint density at radius 2 is 2.22 bits per heavy atom. The van der Waals surface area contributed by atoms with Gasteiger partial charge in [0.2, 0.25) is 0 Å². The van der Waals surface area contributed by atoms with Crippen LogP contribution in [0.5, 0.6) is 0 Å². The number of nitrogens with zero attached hydrogens (tertiary/aromatic N) is 2. The van der Waals surface area contributed by atoms with Crippen molar-refractivity contribution >= 4 is 11.3 Å². The molecule has 0 bridgehead atoms. The Balaban J connectivity index is 3.16. The molecule has 1 aromatic rings. The average Bonchev–Trinajstić information content (AvgIpc) is 2.69. The van der Waals surface area contributed by atoms with E-state index in [0.29, 0.717) is 12.8 Å². The highest BCUT2D eigenvalue weighted by molar-refractivity contribution is 6.04. The maximum Gasteiger partial charge on any atom is 0.439 e. The van der Waals surface area contributed by atoms with Gasteiger partial charge in [-0.2, -0.15) is 13.2 Å². The fourth-order valence-corrected chi connectivity index (χ4v) is 1.33. The van der Waals surface area contributed by atoms with Gasteiger partial charge in [-0.25, -0.2) is 4.79 Å². The molecular formula is C10H12F3N3O2. The second-order valence-electron chi connectivity index (χ2n) is 3.47. The molecule has 0 unspecified atom stereocenters. The molecule has 1 heterocycles. The molecule has 0 radical (unpaired) electrons. The van der Waals surface area contributed by atoms with E-state index in [9.17, 15) is 18.0 Å². The van der Waals surface area contributed by atoms with Crippen LogP contribution in [0, 0.1) is 0 Å². The summed E-state index contributed by atoms with van der Waals surface area (Å²) in [7, 11) is 1.05. The van der Waals surface area contributed by atoms with E-state index in [0.717, 1.165) is 13.1 Å². The molecule has 8 heteroatoms. The Bertz CT molecular complexity index is 511. The van der Waals surface area contributed by atoms with Crippen LogP contribution in [0.4, 0.5) is 13.2 Å². The number of hydrogen-bond donors (Lipinski definition) is 1. The molecule has 0 aliphatic carbocycles. The first-order chi connectivity index (χ1) is 8.38. The van der Waals surface area contributed by atoms with Crippen molar-refractivity contribution in [3.63, 3.8) is 0 Å². The summed E-state index contributed by atoms with van der Waals surface area (Å²) >= 11 is 0. The Labute approximate surface area is 100 Å². The van der Waals surface area contributed by atoms with Crippen molar-refractivity contribution in [2.24, 2.45) is 4.99 Å². The van der Waals surface area contributed by atoms with Crippen molar-refractivity contribution in [2.75, 3.05) is 7.05 Å². The highest BCUT2D eigenvalue weighted by atomic mass is 19.4. The minimum atomic E-state index is -4.54. The predicted octanol–water partition coefficient (Wildman–Crippen LogP) is 2.18. The van der Waals surface area contributed by atoms with Crippen molar-refractivity contribution in [1.29, 1.82) is 0 Å². The Kier molecular flexibility index (Phi) is 4.46. The van der Waals surface area contributed by atoms with Crippen LogP contribution in [0.2, 0.25) is 0 Å². The van der Waals surface area contributed by atoms with Crippen molar-refractivity contribution in [1.82, 2.24) is 10.1 Å². The summed E-state index contributed by atoms with van der Waals surface area (Å²) in [6.45, 7) is 1.79. The number of hydrogen-bond acceptors (Lipinski definition) is 4. The van der Waals surface area contributed by atoms with Gasteiger partial charge in [-0.1, -0.05) is 18.5 Å². The second-order valence-corrected chi connectivity index (χ2v) is 3.47. The molecule has 18 heavy (non-hydrogen) atoms. The normalized spacial score (nSPS) is 14.1. The maximum absolute atomic E-state index is 12.6. The minimum Gasteiger partial charge on any atom is -0.296 e. The third kappa shape index (κ3) is 3.57. The van der Waals surface area contributed by atoms with Crippen molar-refractivity contribution in [3.05, 3.63) is 22.5 Å². The van der Waals surface area contributed by atoms with Crippen LogP contribution in [0.25, 0.3) is 5.57 Å². The van der Waals surface area contributed by atoms with E-state index < -0.39 is 17.6 Å². The van der Waals surface area contributed by atoms with E-state index in [1.165, 1.54) is 0 Å². The summed E-state index contributed by atoms with van der Waals surface area (Å²) < 4.78 is 41.9. The second kappa shape index (κ2) is 5.65. The summed E-state index contributed by atoms with van der Waals surface area (Å²) in [5.41, 5.74) is -0.809. The van der Waals surface area contributed by atoms with E-state index in [1.807, 2.05) is 0 Å². The third-order valence-electron chi connectivity index (χ3n) is 2.11. The van der Waals surface area contributed by atoms with Crippen LogP contribution < -0.4 is 5.76 Å². The number of aromatic amines is 1. The van der Waals surface area contributed by atoms with Gasteiger partial charge in [0, 0.05) is 12.6 Å². The largest absolute Gasteiger partial charge is 0.439 e. The zero-order valence-corrected chi connectivity index (χ0v) is 9.84. The van der Waals surface area contributed by atoms with Gasteiger partial charge in [0.15, 0.2) is 5.82 Å². The summed E-state index contributed by atoms with van der Waals surface area (Å²) in [6, 6.07) is 0. The molecule has 1 aromatic heterocycles. The fraction of sp³-hybridized carbons (Fsp3) is 0.500. The Morgan fingerprint density at radius 1 is 1.56 bits per heavy atom. The SMILES string of the molecule is CCC/C(=C\C(=NC)C(F)(F)F)c1noc(=O)[nH]1. The van der Waals surface area contributed by atoms with E-state index in [1.54, 1.807) is 6.92 Å². The number of alkyl halides is 3. The van der Waals surface area contributed by atoms with E-state index in [-0.39, 0.29) is 11.4 Å². The van der Waals surface area contributed by atoms with Crippen LogP contribution in [0.3, 0.4) is 0 Å². The number of H-pyrrole nitrogens is 1. The average molecular weight is 263 g/mol. The lowest BCUT2D eigenvalue weighted by atomic mass is 10.1. The van der Waals surface area contributed by atoms with Gasteiger partial charge in [-0.05, 0) is 12.5 Å². The molecule has 0 saturated heterocycles. The predicted molar refractivity (Wildman–Crippen MR) is 59.4 cm³/mol. The van der Waals surface area contributed by atoms with Gasteiger partial charge >= 0.3 is 11.9 Å². The van der Waals surface area contributed by atoms with Crippen LogP contribution in [-0.4, -0.2) is 29.1 Å². The maximum atomic E-state index is 12.6. The van der Waals surface area contributed by atoms with Crippen LogP contribution in [0.15, 0.2) is 20.4 Å². The third-order valence-corrected chi connectivity index (χ3v) is 2.11. The minimum absolute atomic E-state index is 0.00718. The molecule has 1 rings (SSSR count). The molecule has 0 aliphatic rings. The topological polar surface area (TPSA) is 71.2 Å². The molecule has 0 saturated carbocycles. The van der Waals surface area contributed by atoms with Crippen LogP contribution >= 0.6 is 0 Å². The molecule has 0 spiro atoms. The highest BCUT2D eigenvalue weighted by Crippen LogP contribution is 2.22. The lowest BCUT2D eigenvalue weighted by Gasteiger charge is -2.07. The van der Waals surface area contributed by atoms with Crippen molar-refractivity contribution in [2.45, 2.75) is 25.9 Å². The van der Waals surface area contributed by atoms with Gasteiger partial charge < -0.3 is 0 Å². The van der Waals surface area contributed by atoms with Crippen LogP contribution in [-0.2, 0) is 0 Å². The quantitative estimate of drug-likeness (QED) is 0.846. The fourth-order valence-electron chi connectivity index (χ4n) is 1.33. The molecular weight excluding hydrogens is 251 g/mol. The van der Waals surface area contributed by atoms with Gasteiger partial charge in [0.25, 0.3) is 0 Å². The number of rotatable bonds is 4. The van der Waals surface area contributed by atoms with E-state index in [2.05, 4.69) is 19.7 Å². The smallest absolute Gasteiger partial charge is 0.296 e. The first-order valence-electron chi connectivity index (χ1n) is 5.19. The molecule has 0 fully saturated rings. The monoisotopic (exact) mass is 263 g/mol. The number of aromatic nitrogens is 2.